The summed E-state index contributed by atoms with van der Waals surface area (Å²) in [5.41, 5.74) is 2.89. The summed E-state index contributed by atoms with van der Waals surface area (Å²) in [5.74, 6) is -1.48. The van der Waals surface area contributed by atoms with E-state index in [4.69, 9.17) is 4.74 Å². The van der Waals surface area contributed by atoms with Crippen LogP contribution in [-0.2, 0) is 9.53 Å². The second-order valence-corrected chi connectivity index (χ2v) is 7.78. The van der Waals surface area contributed by atoms with E-state index in [1.54, 1.807) is 55.1 Å². The Labute approximate surface area is 175 Å². The number of hydrogen-bond donors (Lipinski definition) is 2. The summed E-state index contributed by atoms with van der Waals surface area (Å²) in [6.45, 7) is 7.07. The van der Waals surface area contributed by atoms with E-state index in [0.717, 1.165) is 11.3 Å². The lowest BCUT2D eigenvalue weighted by atomic mass is 9.90. The molecule has 0 aromatic heterocycles. The standard InChI is InChI=1S/C23H26N2O5/c1-13(2)30-23(29)16-5-8-18(9-6-16)24-20-11-14(3)25(15(4)26)21-10-7-17(22(27)28)12-19(20)21/h5-10,12-14,20,24H,11H2,1-4H3,(H,27,28). The lowest BCUT2D eigenvalue weighted by molar-refractivity contribution is -0.117. The van der Waals surface area contributed by atoms with Gasteiger partial charge in [-0.15, -0.1) is 0 Å². The first-order chi connectivity index (χ1) is 14.2. The third-order valence-electron chi connectivity index (χ3n) is 5.07. The molecule has 1 aliphatic heterocycles. The van der Waals surface area contributed by atoms with Gasteiger partial charge in [-0.25, -0.2) is 9.59 Å². The van der Waals surface area contributed by atoms with E-state index in [2.05, 4.69) is 5.32 Å². The first-order valence-corrected chi connectivity index (χ1v) is 9.92. The van der Waals surface area contributed by atoms with Gasteiger partial charge >= 0.3 is 11.9 Å². The van der Waals surface area contributed by atoms with Gasteiger partial charge in [0.05, 0.1) is 23.3 Å². The Morgan fingerprint density at radius 3 is 2.30 bits per heavy atom. The molecule has 7 heteroatoms. The van der Waals surface area contributed by atoms with E-state index >= 15 is 0 Å². The van der Waals surface area contributed by atoms with Gasteiger partial charge in [-0.05, 0) is 75.2 Å². The molecule has 0 spiro atoms. The number of carbonyl (C=O) groups excluding carboxylic acids is 2. The molecule has 0 radical (unpaired) electrons. The number of anilines is 2. The van der Waals surface area contributed by atoms with Crippen molar-refractivity contribution in [3.05, 3.63) is 59.2 Å². The first-order valence-electron chi connectivity index (χ1n) is 9.92. The summed E-state index contributed by atoms with van der Waals surface area (Å²) in [6.07, 6.45) is 0.426. The molecular formula is C23H26N2O5. The van der Waals surface area contributed by atoms with Gasteiger partial charge in [-0.3, -0.25) is 4.79 Å². The lowest BCUT2D eigenvalue weighted by Gasteiger charge is -2.39. The second kappa shape index (κ2) is 8.57. The fraction of sp³-hybridized carbons (Fsp3) is 0.348. The predicted octanol–water partition coefficient (Wildman–Crippen LogP) is 4.25. The van der Waals surface area contributed by atoms with Crippen LogP contribution < -0.4 is 10.2 Å². The Kier molecular flexibility index (Phi) is 6.10. The molecule has 3 rings (SSSR count). The number of benzene rings is 2. The lowest BCUT2D eigenvalue weighted by Crippen LogP contribution is -2.43. The minimum atomic E-state index is -1.02. The van der Waals surface area contributed by atoms with Crippen LogP contribution in [0, 0.1) is 0 Å². The van der Waals surface area contributed by atoms with Crippen molar-refractivity contribution in [2.75, 3.05) is 10.2 Å². The van der Waals surface area contributed by atoms with Crippen LogP contribution in [-0.4, -0.2) is 35.1 Å². The van der Waals surface area contributed by atoms with Crippen LogP contribution in [0.15, 0.2) is 42.5 Å². The number of esters is 1. The number of rotatable bonds is 5. The smallest absolute Gasteiger partial charge is 0.338 e. The average Bonchev–Trinajstić information content (AvgIpc) is 2.67. The van der Waals surface area contributed by atoms with Crippen LogP contribution >= 0.6 is 0 Å². The van der Waals surface area contributed by atoms with E-state index in [1.165, 1.54) is 13.0 Å². The van der Waals surface area contributed by atoms with Gasteiger partial charge in [0.25, 0.3) is 0 Å². The molecule has 2 aromatic rings. The van der Waals surface area contributed by atoms with E-state index in [1.807, 2.05) is 6.92 Å². The van der Waals surface area contributed by atoms with Crippen molar-refractivity contribution in [2.45, 2.75) is 52.3 Å². The van der Waals surface area contributed by atoms with Gasteiger partial charge in [-0.1, -0.05) is 0 Å². The van der Waals surface area contributed by atoms with Crippen molar-refractivity contribution in [2.24, 2.45) is 0 Å². The Bertz CT molecular complexity index is 968. The molecule has 0 fully saturated rings. The maximum absolute atomic E-state index is 12.2. The third kappa shape index (κ3) is 4.45. The van der Waals surface area contributed by atoms with E-state index in [-0.39, 0.29) is 35.6 Å². The molecule has 1 heterocycles. The fourth-order valence-corrected chi connectivity index (χ4v) is 3.80. The molecular weight excluding hydrogens is 384 g/mol. The minimum absolute atomic E-state index is 0.0523. The topological polar surface area (TPSA) is 95.9 Å². The highest BCUT2D eigenvalue weighted by molar-refractivity contribution is 5.95. The van der Waals surface area contributed by atoms with Crippen LogP contribution in [0.3, 0.4) is 0 Å². The number of hydrogen-bond acceptors (Lipinski definition) is 5. The SMILES string of the molecule is CC(=O)N1c2ccc(C(=O)O)cc2C(Nc2ccc(C(=O)OC(C)C)cc2)CC1C. The summed E-state index contributed by atoms with van der Waals surface area (Å²) in [6, 6.07) is 11.6. The zero-order valence-corrected chi connectivity index (χ0v) is 17.5. The maximum Gasteiger partial charge on any atom is 0.338 e. The quantitative estimate of drug-likeness (QED) is 0.716. The molecule has 1 aliphatic rings. The van der Waals surface area contributed by atoms with Crippen molar-refractivity contribution in [1.82, 2.24) is 0 Å². The Hall–Kier alpha value is -3.35. The third-order valence-corrected chi connectivity index (χ3v) is 5.07. The number of aromatic carboxylic acids is 1. The second-order valence-electron chi connectivity index (χ2n) is 7.78. The van der Waals surface area contributed by atoms with Crippen LogP contribution in [0.1, 0.15) is 66.4 Å². The van der Waals surface area contributed by atoms with Gasteiger partial charge in [0.15, 0.2) is 0 Å². The summed E-state index contributed by atoms with van der Waals surface area (Å²) < 4.78 is 5.20. The van der Waals surface area contributed by atoms with Crippen LogP contribution in [0.25, 0.3) is 0 Å². The monoisotopic (exact) mass is 410 g/mol. The van der Waals surface area contributed by atoms with Gasteiger partial charge in [-0.2, -0.15) is 0 Å². The number of nitrogens with zero attached hydrogens (tertiary/aromatic N) is 1. The molecule has 158 valence electrons. The van der Waals surface area contributed by atoms with Crippen LogP contribution in [0.4, 0.5) is 11.4 Å². The molecule has 7 nitrogen and oxygen atoms in total. The number of carbonyl (C=O) groups is 3. The molecule has 2 atom stereocenters. The molecule has 0 saturated heterocycles. The average molecular weight is 410 g/mol. The summed E-state index contributed by atoms with van der Waals surface area (Å²) in [7, 11) is 0. The van der Waals surface area contributed by atoms with Crippen LogP contribution in [0.2, 0.25) is 0 Å². The van der Waals surface area contributed by atoms with Gasteiger partial charge < -0.3 is 20.1 Å². The molecule has 0 aliphatic carbocycles. The Morgan fingerprint density at radius 2 is 1.73 bits per heavy atom. The van der Waals surface area contributed by atoms with Crippen molar-refractivity contribution in [3.63, 3.8) is 0 Å². The summed E-state index contributed by atoms with van der Waals surface area (Å²) in [5, 5.41) is 12.8. The highest BCUT2D eigenvalue weighted by atomic mass is 16.5. The van der Waals surface area contributed by atoms with Crippen LogP contribution in [0.5, 0.6) is 0 Å². The number of carboxylic acid groups (broad SMARTS) is 1. The number of ether oxygens (including phenoxy) is 1. The van der Waals surface area contributed by atoms with Gasteiger partial charge in [0.1, 0.15) is 0 Å². The highest BCUT2D eigenvalue weighted by Gasteiger charge is 2.33. The first kappa shape index (κ1) is 21.4. The van der Waals surface area contributed by atoms with Crippen molar-refractivity contribution in [3.8, 4) is 0 Å². The number of nitrogens with one attached hydrogen (secondary N) is 1. The summed E-state index contributed by atoms with van der Waals surface area (Å²) >= 11 is 0. The van der Waals surface area contributed by atoms with Gasteiger partial charge in [0.2, 0.25) is 5.91 Å². The van der Waals surface area contributed by atoms with Crippen molar-refractivity contribution >= 4 is 29.2 Å². The fourth-order valence-electron chi connectivity index (χ4n) is 3.80. The molecule has 30 heavy (non-hydrogen) atoms. The van der Waals surface area contributed by atoms with Gasteiger partial charge in [0, 0.05) is 24.3 Å². The van der Waals surface area contributed by atoms with Crippen molar-refractivity contribution in [1.29, 1.82) is 0 Å². The normalized spacial score (nSPS) is 18.0. The predicted molar refractivity (Wildman–Crippen MR) is 114 cm³/mol. The van der Waals surface area contributed by atoms with E-state index in [9.17, 15) is 19.5 Å². The maximum atomic E-state index is 12.2. The molecule has 1 amide bonds. The zero-order chi connectivity index (χ0) is 22.0. The molecule has 2 aromatic carbocycles. The van der Waals surface area contributed by atoms with Crippen molar-refractivity contribution < 1.29 is 24.2 Å². The minimum Gasteiger partial charge on any atom is -0.478 e. The van der Waals surface area contributed by atoms with E-state index in [0.29, 0.717) is 17.7 Å². The van der Waals surface area contributed by atoms with E-state index < -0.39 is 5.97 Å². The molecule has 0 saturated carbocycles. The Morgan fingerprint density at radius 1 is 1.10 bits per heavy atom. The molecule has 2 N–H and O–H groups in total. The number of fused-ring (bicyclic) bond motifs is 1. The number of amides is 1. The largest absolute Gasteiger partial charge is 0.478 e. The number of carboxylic acids is 1. The zero-order valence-electron chi connectivity index (χ0n) is 17.5. The summed E-state index contributed by atoms with van der Waals surface area (Å²) in [4.78, 5) is 37.4. The molecule has 2 unspecified atom stereocenters. The Balaban J connectivity index is 1.90. The highest BCUT2D eigenvalue weighted by Crippen LogP contribution is 2.39. The molecule has 0 bridgehead atoms.